The lowest BCUT2D eigenvalue weighted by atomic mass is 10.2. The van der Waals surface area contributed by atoms with Crippen LogP contribution in [0.1, 0.15) is 11.3 Å². The summed E-state index contributed by atoms with van der Waals surface area (Å²) in [6, 6.07) is 9.02. The second-order valence-electron chi connectivity index (χ2n) is 4.91. The highest BCUT2D eigenvalue weighted by molar-refractivity contribution is 5.82. The standard InChI is InChI=1S/C14H19N3/c1-11-2-3-12-9-13-10-16(5-4-15)6-7-17(13)14(12)8-11/h2-3,8-9H,4-7,10,15H2,1H3. The molecule has 0 spiro atoms. The molecule has 0 aliphatic carbocycles. The van der Waals surface area contributed by atoms with Gasteiger partial charge in [0.15, 0.2) is 0 Å². The minimum Gasteiger partial charge on any atom is -0.342 e. The van der Waals surface area contributed by atoms with Gasteiger partial charge in [-0.2, -0.15) is 0 Å². The van der Waals surface area contributed by atoms with Gasteiger partial charge in [0.25, 0.3) is 0 Å². The highest BCUT2D eigenvalue weighted by atomic mass is 15.2. The van der Waals surface area contributed by atoms with E-state index in [0.717, 1.165) is 32.7 Å². The van der Waals surface area contributed by atoms with Crippen molar-refractivity contribution in [1.82, 2.24) is 9.47 Å². The van der Waals surface area contributed by atoms with Crippen molar-refractivity contribution in [2.45, 2.75) is 20.0 Å². The molecule has 1 aromatic carbocycles. The molecule has 90 valence electrons. The molecule has 0 fully saturated rings. The molecule has 1 aromatic heterocycles. The van der Waals surface area contributed by atoms with Gasteiger partial charge >= 0.3 is 0 Å². The molecular formula is C14H19N3. The molecule has 0 saturated heterocycles. The number of benzene rings is 1. The summed E-state index contributed by atoms with van der Waals surface area (Å²) >= 11 is 0. The van der Waals surface area contributed by atoms with E-state index in [1.54, 1.807) is 0 Å². The van der Waals surface area contributed by atoms with E-state index in [1.165, 1.54) is 22.2 Å². The van der Waals surface area contributed by atoms with Gasteiger partial charge in [-0.25, -0.2) is 0 Å². The second-order valence-corrected chi connectivity index (χ2v) is 4.91. The van der Waals surface area contributed by atoms with Crippen LogP contribution in [-0.4, -0.2) is 29.1 Å². The second kappa shape index (κ2) is 4.17. The van der Waals surface area contributed by atoms with E-state index >= 15 is 0 Å². The molecule has 3 heteroatoms. The van der Waals surface area contributed by atoms with E-state index in [-0.39, 0.29) is 0 Å². The number of nitrogens with zero attached hydrogens (tertiary/aromatic N) is 2. The Hall–Kier alpha value is -1.32. The predicted molar refractivity (Wildman–Crippen MR) is 71.0 cm³/mol. The number of fused-ring (bicyclic) bond motifs is 3. The number of hydrogen-bond donors (Lipinski definition) is 1. The Morgan fingerprint density at radius 2 is 2.12 bits per heavy atom. The molecule has 3 nitrogen and oxygen atoms in total. The van der Waals surface area contributed by atoms with E-state index < -0.39 is 0 Å². The molecule has 1 aliphatic rings. The quantitative estimate of drug-likeness (QED) is 0.851. The first-order valence-corrected chi connectivity index (χ1v) is 6.29. The van der Waals surface area contributed by atoms with Crippen LogP contribution in [0.2, 0.25) is 0 Å². The number of rotatable bonds is 2. The summed E-state index contributed by atoms with van der Waals surface area (Å²) in [6.45, 7) is 7.14. The molecule has 0 amide bonds. The molecule has 2 heterocycles. The fourth-order valence-corrected chi connectivity index (χ4v) is 2.74. The molecular weight excluding hydrogens is 210 g/mol. The van der Waals surface area contributed by atoms with E-state index in [4.69, 9.17) is 5.73 Å². The van der Waals surface area contributed by atoms with Crippen LogP contribution in [0.15, 0.2) is 24.3 Å². The zero-order valence-corrected chi connectivity index (χ0v) is 10.3. The van der Waals surface area contributed by atoms with Crippen molar-refractivity contribution in [3.63, 3.8) is 0 Å². The normalized spacial score (nSPS) is 16.4. The SMILES string of the molecule is Cc1ccc2cc3n(c2c1)CCN(CCN)C3. The third-order valence-corrected chi connectivity index (χ3v) is 3.62. The smallest absolute Gasteiger partial charge is 0.0486 e. The highest BCUT2D eigenvalue weighted by Crippen LogP contribution is 2.24. The lowest BCUT2D eigenvalue weighted by Gasteiger charge is -2.28. The summed E-state index contributed by atoms with van der Waals surface area (Å²) in [7, 11) is 0. The van der Waals surface area contributed by atoms with E-state index in [9.17, 15) is 0 Å². The minimum atomic E-state index is 0.749. The first-order chi connectivity index (χ1) is 8.28. The first-order valence-electron chi connectivity index (χ1n) is 6.29. The number of aromatic nitrogens is 1. The average Bonchev–Trinajstić information content (AvgIpc) is 2.66. The van der Waals surface area contributed by atoms with Crippen LogP contribution in [0.5, 0.6) is 0 Å². The summed E-state index contributed by atoms with van der Waals surface area (Å²) in [5.41, 5.74) is 9.77. The molecule has 2 aromatic rings. The Bertz CT molecular complexity index is 542. The largest absolute Gasteiger partial charge is 0.342 e. The molecule has 0 atom stereocenters. The van der Waals surface area contributed by atoms with Gasteiger partial charge < -0.3 is 10.3 Å². The summed E-state index contributed by atoms with van der Waals surface area (Å²) < 4.78 is 2.45. The summed E-state index contributed by atoms with van der Waals surface area (Å²) in [5.74, 6) is 0. The van der Waals surface area contributed by atoms with Crippen molar-refractivity contribution in [3.05, 3.63) is 35.5 Å². The number of nitrogens with two attached hydrogens (primary N) is 1. The van der Waals surface area contributed by atoms with Crippen molar-refractivity contribution in [2.75, 3.05) is 19.6 Å². The molecule has 3 rings (SSSR count). The van der Waals surface area contributed by atoms with Crippen molar-refractivity contribution in [3.8, 4) is 0 Å². The molecule has 1 aliphatic heterocycles. The maximum atomic E-state index is 5.63. The van der Waals surface area contributed by atoms with Crippen molar-refractivity contribution in [1.29, 1.82) is 0 Å². The lowest BCUT2D eigenvalue weighted by molar-refractivity contribution is 0.229. The predicted octanol–water partition coefficient (Wildman–Crippen LogP) is 1.72. The summed E-state index contributed by atoms with van der Waals surface area (Å²) in [6.07, 6.45) is 0. The van der Waals surface area contributed by atoms with Crippen LogP contribution in [0.25, 0.3) is 10.9 Å². The molecule has 17 heavy (non-hydrogen) atoms. The fraction of sp³-hybridized carbons (Fsp3) is 0.429. The molecule has 0 unspecified atom stereocenters. The van der Waals surface area contributed by atoms with Gasteiger partial charge in [-0.3, -0.25) is 4.90 Å². The molecule has 2 N–H and O–H groups in total. The van der Waals surface area contributed by atoms with E-state index in [2.05, 4.69) is 40.7 Å². The van der Waals surface area contributed by atoms with Gasteiger partial charge in [-0.1, -0.05) is 12.1 Å². The topological polar surface area (TPSA) is 34.2 Å². The monoisotopic (exact) mass is 229 g/mol. The van der Waals surface area contributed by atoms with Gasteiger partial charge in [-0.05, 0) is 30.0 Å². The molecule has 0 saturated carbocycles. The van der Waals surface area contributed by atoms with Gasteiger partial charge in [0.05, 0.1) is 0 Å². The third kappa shape index (κ3) is 1.85. The van der Waals surface area contributed by atoms with Crippen LogP contribution in [0, 0.1) is 6.92 Å². The van der Waals surface area contributed by atoms with Crippen LogP contribution in [0.4, 0.5) is 0 Å². The van der Waals surface area contributed by atoms with Crippen molar-refractivity contribution >= 4 is 10.9 Å². The third-order valence-electron chi connectivity index (χ3n) is 3.62. The van der Waals surface area contributed by atoms with Gasteiger partial charge in [0, 0.05) is 43.9 Å². The number of hydrogen-bond acceptors (Lipinski definition) is 2. The van der Waals surface area contributed by atoms with Crippen LogP contribution < -0.4 is 5.73 Å². The summed E-state index contributed by atoms with van der Waals surface area (Å²) in [4.78, 5) is 2.43. The Morgan fingerprint density at radius 3 is 2.94 bits per heavy atom. The van der Waals surface area contributed by atoms with Crippen LogP contribution in [-0.2, 0) is 13.1 Å². The maximum Gasteiger partial charge on any atom is 0.0486 e. The van der Waals surface area contributed by atoms with Gasteiger partial charge in [0.1, 0.15) is 0 Å². The van der Waals surface area contributed by atoms with Gasteiger partial charge in [0.2, 0.25) is 0 Å². The van der Waals surface area contributed by atoms with Gasteiger partial charge in [-0.15, -0.1) is 0 Å². The molecule has 0 radical (unpaired) electrons. The Kier molecular flexibility index (Phi) is 2.65. The zero-order valence-electron chi connectivity index (χ0n) is 10.3. The minimum absolute atomic E-state index is 0.749. The van der Waals surface area contributed by atoms with E-state index in [0.29, 0.717) is 0 Å². The zero-order chi connectivity index (χ0) is 11.8. The lowest BCUT2D eigenvalue weighted by Crippen LogP contribution is -2.36. The highest BCUT2D eigenvalue weighted by Gasteiger charge is 2.17. The fourth-order valence-electron chi connectivity index (χ4n) is 2.74. The Morgan fingerprint density at radius 1 is 1.24 bits per heavy atom. The van der Waals surface area contributed by atoms with Crippen LogP contribution >= 0.6 is 0 Å². The Labute approximate surface area is 102 Å². The molecule has 0 bridgehead atoms. The Balaban J connectivity index is 2.01. The summed E-state index contributed by atoms with van der Waals surface area (Å²) in [5, 5.41) is 1.36. The van der Waals surface area contributed by atoms with Crippen molar-refractivity contribution < 1.29 is 0 Å². The maximum absolute atomic E-state index is 5.63. The first kappa shape index (κ1) is 10.8. The van der Waals surface area contributed by atoms with E-state index in [1.807, 2.05) is 0 Å². The average molecular weight is 229 g/mol. The number of aryl methyl sites for hydroxylation is 1. The van der Waals surface area contributed by atoms with Crippen LogP contribution in [0.3, 0.4) is 0 Å². The van der Waals surface area contributed by atoms with Crippen molar-refractivity contribution in [2.24, 2.45) is 5.73 Å².